The van der Waals surface area contributed by atoms with Gasteiger partial charge in [-0.05, 0) is 31.9 Å². The Morgan fingerprint density at radius 1 is 0.960 bits per heavy atom. The average molecular weight is 363 g/mol. The summed E-state index contributed by atoms with van der Waals surface area (Å²) in [5, 5.41) is 2.77. The van der Waals surface area contributed by atoms with Gasteiger partial charge in [0.15, 0.2) is 0 Å². The molecule has 1 aromatic rings. The molecular formula is C18H25N3O3S. The number of thioether (sulfide) groups is 1. The van der Waals surface area contributed by atoms with Gasteiger partial charge in [0.05, 0.1) is 11.5 Å². The van der Waals surface area contributed by atoms with Crippen molar-refractivity contribution in [3.05, 3.63) is 29.8 Å². The Kier molecular flexibility index (Phi) is 7.78. The zero-order chi connectivity index (χ0) is 18.1. The highest BCUT2D eigenvalue weighted by atomic mass is 32.2. The highest BCUT2D eigenvalue weighted by Gasteiger charge is 2.21. The van der Waals surface area contributed by atoms with E-state index in [1.165, 1.54) is 18.2 Å². The van der Waals surface area contributed by atoms with Crippen molar-refractivity contribution in [3.8, 4) is 0 Å². The van der Waals surface area contributed by atoms with Crippen molar-refractivity contribution in [1.29, 1.82) is 0 Å². The van der Waals surface area contributed by atoms with Gasteiger partial charge < -0.3 is 5.32 Å². The summed E-state index contributed by atoms with van der Waals surface area (Å²) in [6.45, 7) is 1.98. The lowest BCUT2D eigenvalue weighted by atomic mass is 9.89. The summed E-state index contributed by atoms with van der Waals surface area (Å²) in [6, 6.07) is 7.52. The van der Waals surface area contributed by atoms with Crippen molar-refractivity contribution in [2.45, 2.75) is 39.0 Å². The summed E-state index contributed by atoms with van der Waals surface area (Å²) in [5.41, 5.74) is 6.76. The molecule has 1 aromatic carbocycles. The maximum absolute atomic E-state index is 11.9. The monoisotopic (exact) mass is 363 g/mol. The molecule has 2 rings (SSSR count). The number of benzene rings is 1. The fraction of sp³-hybridized carbons (Fsp3) is 0.500. The van der Waals surface area contributed by atoms with E-state index in [1.54, 1.807) is 0 Å². The lowest BCUT2D eigenvalue weighted by Gasteiger charge is -2.20. The summed E-state index contributed by atoms with van der Waals surface area (Å²) in [7, 11) is 0. The molecule has 0 bridgehead atoms. The molecule has 1 aliphatic carbocycles. The maximum Gasteiger partial charge on any atom is 0.248 e. The van der Waals surface area contributed by atoms with Crippen LogP contribution in [0.5, 0.6) is 0 Å². The van der Waals surface area contributed by atoms with Crippen molar-refractivity contribution >= 4 is 35.2 Å². The minimum atomic E-state index is -0.308. The molecule has 0 unspecified atom stereocenters. The molecule has 0 radical (unpaired) electrons. The van der Waals surface area contributed by atoms with Crippen molar-refractivity contribution in [1.82, 2.24) is 10.9 Å². The van der Waals surface area contributed by atoms with Gasteiger partial charge in [0, 0.05) is 11.6 Å². The van der Waals surface area contributed by atoms with Crippen LogP contribution in [0.1, 0.15) is 37.7 Å². The number of hydrazine groups is 1. The van der Waals surface area contributed by atoms with Crippen LogP contribution in [0.15, 0.2) is 24.3 Å². The molecule has 0 heterocycles. The highest BCUT2D eigenvalue weighted by Crippen LogP contribution is 2.23. The normalized spacial score (nSPS) is 14.6. The standard InChI is InChI=1S/C18H25N3O3S/c1-13-7-9-15(10-8-13)19-16(22)11-25-12-17(23)20-21-18(24)14-5-3-2-4-6-14/h7-10,14H,2-6,11-12H2,1H3,(H,19,22)(H,20,23)(H,21,24). The lowest BCUT2D eigenvalue weighted by Crippen LogP contribution is -2.45. The van der Waals surface area contributed by atoms with Gasteiger partial charge in [0.2, 0.25) is 17.7 Å². The van der Waals surface area contributed by atoms with E-state index in [0.717, 1.165) is 36.9 Å². The van der Waals surface area contributed by atoms with E-state index >= 15 is 0 Å². The highest BCUT2D eigenvalue weighted by molar-refractivity contribution is 8.00. The van der Waals surface area contributed by atoms with Crippen LogP contribution < -0.4 is 16.2 Å². The molecule has 1 saturated carbocycles. The summed E-state index contributed by atoms with van der Waals surface area (Å²) in [6.07, 6.45) is 5.08. The predicted octanol–water partition coefficient (Wildman–Crippen LogP) is 2.39. The number of anilines is 1. The van der Waals surface area contributed by atoms with Gasteiger partial charge in [-0.1, -0.05) is 37.0 Å². The average Bonchev–Trinajstić information content (AvgIpc) is 2.62. The Hall–Kier alpha value is -2.02. The minimum Gasteiger partial charge on any atom is -0.325 e. The van der Waals surface area contributed by atoms with Crippen LogP contribution in [0.25, 0.3) is 0 Å². The maximum atomic E-state index is 11.9. The first-order valence-corrected chi connectivity index (χ1v) is 9.73. The Bertz CT molecular complexity index is 598. The topological polar surface area (TPSA) is 87.3 Å². The first kappa shape index (κ1) is 19.3. The van der Waals surface area contributed by atoms with E-state index < -0.39 is 0 Å². The van der Waals surface area contributed by atoms with Gasteiger partial charge in [-0.2, -0.15) is 0 Å². The van der Waals surface area contributed by atoms with Gasteiger partial charge in [-0.25, -0.2) is 0 Å². The van der Waals surface area contributed by atoms with Crippen LogP contribution in [0, 0.1) is 12.8 Å². The number of hydrogen-bond donors (Lipinski definition) is 3. The molecule has 6 nitrogen and oxygen atoms in total. The molecule has 3 N–H and O–H groups in total. The molecule has 136 valence electrons. The van der Waals surface area contributed by atoms with Crippen molar-refractivity contribution < 1.29 is 14.4 Å². The van der Waals surface area contributed by atoms with Crippen LogP contribution in [0.4, 0.5) is 5.69 Å². The number of rotatable bonds is 6. The minimum absolute atomic E-state index is 0.00184. The van der Waals surface area contributed by atoms with Crippen molar-refractivity contribution in [3.63, 3.8) is 0 Å². The summed E-state index contributed by atoms with van der Waals surface area (Å²) < 4.78 is 0. The van der Waals surface area contributed by atoms with Gasteiger partial charge in [-0.3, -0.25) is 25.2 Å². The third-order valence-corrected chi connectivity index (χ3v) is 5.04. The second kappa shape index (κ2) is 10.1. The molecule has 0 atom stereocenters. The quantitative estimate of drug-likeness (QED) is 0.677. The third-order valence-electron chi connectivity index (χ3n) is 4.10. The van der Waals surface area contributed by atoms with Crippen molar-refractivity contribution in [2.75, 3.05) is 16.8 Å². The van der Waals surface area contributed by atoms with Crippen molar-refractivity contribution in [2.24, 2.45) is 5.92 Å². The Morgan fingerprint density at radius 3 is 2.28 bits per heavy atom. The Labute approximate surface area is 152 Å². The number of hydrogen-bond acceptors (Lipinski definition) is 4. The van der Waals surface area contributed by atoms with Crippen LogP contribution in [0.2, 0.25) is 0 Å². The molecule has 25 heavy (non-hydrogen) atoms. The molecule has 1 fully saturated rings. The van der Waals surface area contributed by atoms with Crippen LogP contribution in [0.3, 0.4) is 0 Å². The molecule has 0 aromatic heterocycles. The van der Waals surface area contributed by atoms with Gasteiger partial charge in [0.25, 0.3) is 0 Å². The zero-order valence-electron chi connectivity index (χ0n) is 14.5. The first-order chi connectivity index (χ1) is 12.0. The smallest absolute Gasteiger partial charge is 0.248 e. The van der Waals surface area contributed by atoms with E-state index in [2.05, 4.69) is 16.2 Å². The molecular weight excluding hydrogens is 338 g/mol. The lowest BCUT2D eigenvalue weighted by molar-refractivity contribution is -0.131. The summed E-state index contributed by atoms with van der Waals surface area (Å²) in [4.78, 5) is 35.5. The number of amides is 3. The molecule has 0 saturated heterocycles. The van der Waals surface area contributed by atoms with E-state index in [9.17, 15) is 14.4 Å². The fourth-order valence-corrected chi connectivity index (χ4v) is 3.32. The Balaban J connectivity index is 1.59. The first-order valence-electron chi connectivity index (χ1n) is 8.57. The second-order valence-corrected chi connectivity index (χ2v) is 7.26. The second-order valence-electron chi connectivity index (χ2n) is 6.28. The van der Waals surface area contributed by atoms with Crippen LogP contribution in [-0.4, -0.2) is 29.2 Å². The number of aryl methyl sites for hydroxylation is 1. The van der Waals surface area contributed by atoms with E-state index in [-0.39, 0.29) is 35.1 Å². The SMILES string of the molecule is Cc1ccc(NC(=O)CSCC(=O)NNC(=O)C2CCCCC2)cc1. The van der Waals surface area contributed by atoms with Crippen LogP contribution in [-0.2, 0) is 14.4 Å². The van der Waals surface area contributed by atoms with E-state index in [1.807, 2.05) is 31.2 Å². The van der Waals surface area contributed by atoms with E-state index in [0.29, 0.717) is 0 Å². The molecule has 0 spiro atoms. The molecule has 0 aliphatic heterocycles. The molecule has 1 aliphatic rings. The van der Waals surface area contributed by atoms with Gasteiger partial charge in [-0.15, -0.1) is 11.8 Å². The van der Waals surface area contributed by atoms with Gasteiger partial charge in [0.1, 0.15) is 0 Å². The van der Waals surface area contributed by atoms with Crippen LogP contribution >= 0.6 is 11.8 Å². The van der Waals surface area contributed by atoms with Gasteiger partial charge >= 0.3 is 0 Å². The number of nitrogens with one attached hydrogen (secondary N) is 3. The predicted molar refractivity (Wildman–Crippen MR) is 100.0 cm³/mol. The Morgan fingerprint density at radius 2 is 1.60 bits per heavy atom. The fourth-order valence-electron chi connectivity index (χ4n) is 2.70. The third kappa shape index (κ3) is 7.17. The van der Waals surface area contributed by atoms with E-state index in [4.69, 9.17) is 0 Å². The molecule has 3 amide bonds. The zero-order valence-corrected chi connectivity index (χ0v) is 15.3. The molecule has 7 heteroatoms. The number of carbonyl (C=O) groups is 3. The summed E-state index contributed by atoms with van der Waals surface area (Å²) >= 11 is 1.20. The largest absolute Gasteiger partial charge is 0.325 e. The summed E-state index contributed by atoms with van der Waals surface area (Å²) in [5.74, 6) is -0.285. The number of carbonyl (C=O) groups excluding carboxylic acids is 3.